The summed E-state index contributed by atoms with van der Waals surface area (Å²) in [6.45, 7) is 3.53. The van der Waals surface area contributed by atoms with Crippen molar-refractivity contribution in [2.45, 2.75) is 18.4 Å². The normalized spacial score (nSPS) is 14.7. The van der Waals surface area contributed by atoms with Crippen molar-refractivity contribution < 1.29 is 10.2 Å². The van der Waals surface area contributed by atoms with Crippen LogP contribution in [-0.2, 0) is 0 Å². The monoisotopic (exact) mass is 192 g/mol. The molecule has 0 saturated heterocycles. The topological polar surface area (TPSA) is 40.5 Å². The lowest BCUT2D eigenvalue weighted by Gasteiger charge is -2.19. The van der Waals surface area contributed by atoms with E-state index in [0.29, 0.717) is 6.42 Å². The maximum Gasteiger partial charge on any atom is 0.0665 e. The number of hydrogen-bond donors (Lipinski definition) is 2. The number of rotatable bonds is 5. The predicted molar refractivity (Wildman–Crippen MR) is 57.1 cm³/mol. The summed E-state index contributed by atoms with van der Waals surface area (Å²) < 4.78 is 0. The fourth-order valence-corrected chi connectivity index (χ4v) is 1.48. The van der Waals surface area contributed by atoms with Gasteiger partial charge in [0.1, 0.15) is 0 Å². The second-order valence-corrected chi connectivity index (χ2v) is 3.29. The van der Waals surface area contributed by atoms with Gasteiger partial charge in [0, 0.05) is 5.92 Å². The van der Waals surface area contributed by atoms with Crippen molar-refractivity contribution in [3.8, 4) is 0 Å². The van der Waals surface area contributed by atoms with E-state index in [4.69, 9.17) is 0 Å². The minimum Gasteiger partial charge on any atom is -0.396 e. The van der Waals surface area contributed by atoms with Crippen molar-refractivity contribution in [2.75, 3.05) is 6.61 Å². The molecule has 0 aliphatic rings. The van der Waals surface area contributed by atoms with E-state index in [1.54, 1.807) is 6.08 Å². The quantitative estimate of drug-likeness (QED) is 0.697. The van der Waals surface area contributed by atoms with Gasteiger partial charge in [-0.25, -0.2) is 0 Å². The first kappa shape index (κ1) is 11.0. The molecule has 0 radical (unpaired) electrons. The molecule has 1 aromatic rings. The van der Waals surface area contributed by atoms with Crippen LogP contribution >= 0.6 is 0 Å². The van der Waals surface area contributed by atoms with Gasteiger partial charge < -0.3 is 10.2 Å². The van der Waals surface area contributed by atoms with Gasteiger partial charge in [-0.1, -0.05) is 36.4 Å². The minimum absolute atomic E-state index is 0.0426. The highest BCUT2D eigenvalue weighted by molar-refractivity contribution is 5.21. The molecule has 2 atom stereocenters. The standard InChI is InChI=1S/C12H16O2/c1-2-6-12(14)11(9-13)10-7-4-3-5-8-10/h2-5,7-8,11-14H,1,6,9H2/t11-,12+/m1/s1. The van der Waals surface area contributed by atoms with Crippen molar-refractivity contribution in [1.82, 2.24) is 0 Å². The van der Waals surface area contributed by atoms with Gasteiger partial charge in [-0.2, -0.15) is 0 Å². The van der Waals surface area contributed by atoms with Crippen LogP contribution in [0.4, 0.5) is 0 Å². The average molecular weight is 192 g/mol. The zero-order chi connectivity index (χ0) is 10.4. The molecule has 0 heterocycles. The van der Waals surface area contributed by atoms with Crippen LogP contribution in [0.15, 0.2) is 43.0 Å². The van der Waals surface area contributed by atoms with E-state index in [1.807, 2.05) is 30.3 Å². The summed E-state index contributed by atoms with van der Waals surface area (Å²) in [5, 5.41) is 18.9. The fraction of sp³-hybridized carbons (Fsp3) is 0.333. The van der Waals surface area contributed by atoms with Crippen LogP contribution in [0.1, 0.15) is 17.9 Å². The maximum absolute atomic E-state index is 9.73. The van der Waals surface area contributed by atoms with Crippen molar-refractivity contribution in [2.24, 2.45) is 0 Å². The van der Waals surface area contributed by atoms with E-state index in [9.17, 15) is 10.2 Å². The number of hydrogen-bond acceptors (Lipinski definition) is 2. The summed E-state index contributed by atoms with van der Waals surface area (Å²) in [5.41, 5.74) is 0.962. The van der Waals surface area contributed by atoms with E-state index in [2.05, 4.69) is 6.58 Å². The highest BCUT2D eigenvalue weighted by Gasteiger charge is 2.18. The minimum atomic E-state index is -0.556. The molecule has 2 N–H and O–H groups in total. The molecule has 0 fully saturated rings. The largest absolute Gasteiger partial charge is 0.396 e. The lowest BCUT2D eigenvalue weighted by molar-refractivity contribution is 0.109. The van der Waals surface area contributed by atoms with Gasteiger partial charge in [0.15, 0.2) is 0 Å². The number of benzene rings is 1. The highest BCUT2D eigenvalue weighted by Crippen LogP contribution is 2.21. The molecule has 0 aliphatic carbocycles. The zero-order valence-electron chi connectivity index (χ0n) is 8.13. The fourth-order valence-electron chi connectivity index (χ4n) is 1.48. The molecule has 0 aromatic heterocycles. The molecule has 0 spiro atoms. The van der Waals surface area contributed by atoms with E-state index in [0.717, 1.165) is 5.56 Å². The maximum atomic E-state index is 9.73. The van der Waals surface area contributed by atoms with Gasteiger partial charge in [-0.15, -0.1) is 6.58 Å². The van der Waals surface area contributed by atoms with Crippen LogP contribution in [0, 0.1) is 0 Å². The Morgan fingerprint density at radius 1 is 1.29 bits per heavy atom. The van der Waals surface area contributed by atoms with Gasteiger partial charge in [-0.05, 0) is 12.0 Å². The van der Waals surface area contributed by atoms with Crippen molar-refractivity contribution in [3.05, 3.63) is 48.6 Å². The molecule has 1 rings (SSSR count). The molecule has 0 unspecified atom stereocenters. The van der Waals surface area contributed by atoms with E-state index >= 15 is 0 Å². The smallest absolute Gasteiger partial charge is 0.0665 e. The molecule has 0 amide bonds. The van der Waals surface area contributed by atoms with Gasteiger partial charge in [0.25, 0.3) is 0 Å². The summed E-state index contributed by atoms with van der Waals surface area (Å²) >= 11 is 0. The summed E-state index contributed by atoms with van der Waals surface area (Å²) in [6.07, 6.45) is 1.61. The first-order chi connectivity index (χ1) is 6.79. The Bertz CT molecular complexity index is 269. The molecule has 1 aromatic carbocycles. The van der Waals surface area contributed by atoms with Gasteiger partial charge in [-0.3, -0.25) is 0 Å². The van der Waals surface area contributed by atoms with Gasteiger partial charge in [0.2, 0.25) is 0 Å². The van der Waals surface area contributed by atoms with Crippen LogP contribution in [-0.4, -0.2) is 22.9 Å². The number of aliphatic hydroxyl groups is 2. The zero-order valence-corrected chi connectivity index (χ0v) is 8.13. The molecule has 2 heteroatoms. The Kier molecular flexibility index (Phi) is 4.36. The SMILES string of the molecule is C=CC[C@H](O)[C@H](CO)c1ccccc1. The second-order valence-electron chi connectivity index (χ2n) is 3.29. The molecule has 14 heavy (non-hydrogen) atoms. The Labute approximate surface area is 84.5 Å². The molecule has 0 saturated carbocycles. The lowest BCUT2D eigenvalue weighted by atomic mass is 9.92. The summed E-state index contributed by atoms with van der Waals surface area (Å²) in [4.78, 5) is 0. The van der Waals surface area contributed by atoms with Gasteiger partial charge >= 0.3 is 0 Å². The third-order valence-electron chi connectivity index (χ3n) is 2.30. The Morgan fingerprint density at radius 2 is 1.93 bits per heavy atom. The Morgan fingerprint density at radius 3 is 2.43 bits per heavy atom. The van der Waals surface area contributed by atoms with Crippen LogP contribution in [0.2, 0.25) is 0 Å². The lowest BCUT2D eigenvalue weighted by Crippen LogP contribution is -2.21. The Hall–Kier alpha value is -1.12. The van der Waals surface area contributed by atoms with Crippen LogP contribution in [0.5, 0.6) is 0 Å². The number of aliphatic hydroxyl groups excluding tert-OH is 2. The predicted octanol–water partition coefficient (Wildman–Crippen LogP) is 1.70. The van der Waals surface area contributed by atoms with E-state index in [1.165, 1.54) is 0 Å². The third-order valence-corrected chi connectivity index (χ3v) is 2.30. The highest BCUT2D eigenvalue weighted by atomic mass is 16.3. The first-order valence-corrected chi connectivity index (χ1v) is 4.74. The average Bonchev–Trinajstić information content (AvgIpc) is 2.21. The molecular formula is C12H16O2. The van der Waals surface area contributed by atoms with Crippen molar-refractivity contribution in [1.29, 1.82) is 0 Å². The van der Waals surface area contributed by atoms with Crippen LogP contribution in [0.25, 0.3) is 0 Å². The van der Waals surface area contributed by atoms with Crippen molar-refractivity contribution >= 4 is 0 Å². The van der Waals surface area contributed by atoms with E-state index < -0.39 is 6.10 Å². The first-order valence-electron chi connectivity index (χ1n) is 4.74. The van der Waals surface area contributed by atoms with E-state index in [-0.39, 0.29) is 12.5 Å². The third kappa shape index (κ3) is 2.69. The van der Waals surface area contributed by atoms with Gasteiger partial charge in [0.05, 0.1) is 12.7 Å². The molecule has 0 bridgehead atoms. The molecule has 2 nitrogen and oxygen atoms in total. The van der Waals surface area contributed by atoms with Crippen LogP contribution in [0.3, 0.4) is 0 Å². The van der Waals surface area contributed by atoms with Crippen molar-refractivity contribution in [3.63, 3.8) is 0 Å². The second kappa shape index (κ2) is 5.58. The summed E-state index contributed by atoms with van der Waals surface area (Å²) in [5.74, 6) is -0.214. The summed E-state index contributed by atoms with van der Waals surface area (Å²) in [7, 11) is 0. The van der Waals surface area contributed by atoms with Crippen LogP contribution < -0.4 is 0 Å². The summed E-state index contributed by atoms with van der Waals surface area (Å²) in [6, 6.07) is 9.54. The molecular weight excluding hydrogens is 176 g/mol. The molecule has 76 valence electrons. The molecule has 0 aliphatic heterocycles. The Balaban J connectivity index is 2.76.